The number of hydrogen-bond donors (Lipinski definition) is 4. The quantitative estimate of drug-likeness (QED) is 0.206. The number of benzene rings is 2. The van der Waals surface area contributed by atoms with Gasteiger partial charge in [0, 0.05) is 41.1 Å². The largest absolute Gasteiger partial charge is 0.383 e. The summed E-state index contributed by atoms with van der Waals surface area (Å²) in [4.78, 5) is 28.6. The Morgan fingerprint density at radius 3 is 2.58 bits per heavy atom. The van der Waals surface area contributed by atoms with Gasteiger partial charge in [0.15, 0.2) is 5.82 Å². The van der Waals surface area contributed by atoms with Crippen molar-refractivity contribution in [3.63, 3.8) is 0 Å². The van der Waals surface area contributed by atoms with Crippen LogP contribution in [-0.4, -0.2) is 31.6 Å². The third-order valence-corrected chi connectivity index (χ3v) is 6.04. The van der Waals surface area contributed by atoms with Gasteiger partial charge in [-0.05, 0) is 41.8 Å². The van der Waals surface area contributed by atoms with Crippen LogP contribution in [-0.2, 0) is 4.79 Å². The number of halogens is 1. The number of fused-ring (bicyclic) bond motifs is 1. The van der Waals surface area contributed by atoms with Crippen LogP contribution in [0.2, 0.25) is 0 Å². The van der Waals surface area contributed by atoms with E-state index in [1.54, 1.807) is 36.8 Å². The van der Waals surface area contributed by atoms with E-state index < -0.39 is 0 Å². The first kappa shape index (κ1) is 24.8. The smallest absolute Gasteiger partial charge is 0.224 e. The summed E-state index contributed by atoms with van der Waals surface area (Å²) >= 11 is 0. The zero-order chi connectivity index (χ0) is 26.8. The van der Waals surface area contributed by atoms with Gasteiger partial charge in [-0.25, -0.2) is 14.4 Å². The van der Waals surface area contributed by atoms with Crippen molar-refractivity contribution in [2.75, 3.05) is 11.1 Å². The molecule has 3 heterocycles. The predicted octanol–water partition coefficient (Wildman–Crippen LogP) is 5.81. The van der Waals surface area contributed by atoms with Gasteiger partial charge in [-0.3, -0.25) is 15.2 Å². The maximum Gasteiger partial charge on any atom is 0.224 e. The summed E-state index contributed by atoms with van der Waals surface area (Å²) in [6.45, 7) is 3.97. The molecule has 0 unspecified atom stereocenters. The predicted molar refractivity (Wildman–Crippen MR) is 147 cm³/mol. The van der Waals surface area contributed by atoms with E-state index >= 15 is 0 Å². The number of aromatic amines is 1. The summed E-state index contributed by atoms with van der Waals surface area (Å²) in [6, 6.07) is 15.4. The highest BCUT2D eigenvalue weighted by molar-refractivity contribution is 6.13. The van der Waals surface area contributed by atoms with Gasteiger partial charge in [-0.1, -0.05) is 38.1 Å². The fraction of sp³-hybridized carbons (Fsp3) is 0.138. The first-order valence-electron chi connectivity index (χ1n) is 12.1. The van der Waals surface area contributed by atoms with E-state index in [9.17, 15) is 9.18 Å². The molecule has 1 amide bonds. The zero-order valence-corrected chi connectivity index (χ0v) is 20.9. The zero-order valence-electron chi connectivity index (χ0n) is 20.9. The number of nitrogen functional groups attached to an aromatic ring is 1. The van der Waals surface area contributed by atoms with Gasteiger partial charge in [-0.15, -0.1) is 0 Å². The molecule has 0 aliphatic rings. The molecule has 0 radical (unpaired) electrons. The maximum atomic E-state index is 13.4. The molecule has 5 N–H and O–H groups in total. The Morgan fingerprint density at radius 2 is 1.82 bits per heavy atom. The lowest BCUT2D eigenvalue weighted by Crippen LogP contribution is -2.14. The van der Waals surface area contributed by atoms with Crippen LogP contribution in [0.5, 0.6) is 0 Å². The molecular formula is C29H26FN7O. The summed E-state index contributed by atoms with van der Waals surface area (Å²) in [5.74, 6) is 0.361. The number of amides is 1. The standard InChI is InChI=1S/C29H26FN7O/c1-16(2)10-25(38)35-21-11-18(13-33-15-21)19-12-23(28(32)34-14-19)26(31)29-36-24-5-3-4-22(27(24)37-29)17-6-8-20(30)9-7-17/h3-9,11-16,31H,10H2,1-2H3,(H2,32,34)(H,35,38)(H,36,37). The van der Waals surface area contributed by atoms with Crippen molar-refractivity contribution in [2.45, 2.75) is 20.3 Å². The molecule has 0 bridgehead atoms. The number of nitrogens with two attached hydrogens (primary N) is 1. The third kappa shape index (κ3) is 5.12. The van der Waals surface area contributed by atoms with Gasteiger partial charge in [0.1, 0.15) is 17.3 Å². The SMILES string of the molecule is CC(C)CC(=O)Nc1cncc(-c2cnc(N)c(C(=N)c3nc4c(-c5ccc(F)cc5)cccc4[nH]3)c2)c1. The van der Waals surface area contributed by atoms with E-state index in [0.29, 0.717) is 34.6 Å². The molecule has 0 saturated carbocycles. The van der Waals surface area contributed by atoms with Gasteiger partial charge in [0.05, 0.1) is 22.9 Å². The summed E-state index contributed by atoms with van der Waals surface area (Å²) in [5.41, 5.74) is 11.7. The highest BCUT2D eigenvalue weighted by atomic mass is 19.1. The Balaban J connectivity index is 1.47. The number of carbonyl (C=O) groups excluding carboxylic acids is 1. The minimum atomic E-state index is -0.313. The van der Waals surface area contributed by atoms with E-state index in [2.05, 4.69) is 25.3 Å². The summed E-state index contributed by atoms with van der Waals surface area (Å²) < 4.78 is 13.4. The minimum Gasteiger partial charge on any atom is -0.383 e. The fourth-order valence-corrected chi connectivity index (χ4v) is 4.22. The maximum absolute atomic E-state index is 13.4. The number of H-pyrrole nitrogens is 1. The van der Waals surface area contributed by atoms with Crippen molar-refractivity contribution in [3.05, 3.63) is 90.4 Å². The number of nitrogens with zero attached hydrogens (tertiary/aromatic N) is 3. The highest BCUT2D eigenvalue weighted by Crippen LogP contribution is 2.29. The molecule has 0 atom stereocenters. The van der Waals surface area contributed by atoms with Crippen LogP contribution in [0.4, 0.5) is 15.9 Å². The number of rotatable bonds is 7. The molecule has 0 fully saturated rings. The molecule has 8 nitrogen and oxygen atoms in total. The van der Waals surface area contributed by atoms with E-state index in [1.165, 1.54) is 12.1 Å². The van der Waals surface area contributed by atoms with Crippen LogP contribution in [0.25, 0.3) is 33.3 Å². The molecule has 0 saturated heterocycles. The van der Waals surface area contributed by atoms with E-state index in [-0.39, 0.29) is 29.2 Å². The number of imidazole rings is 1. The van der Waals surface area contributed by atoms with E-state index in [1.807, 2.05) is 38.1 Å². The second kappa shape index (κ2) is 10.2. The Morgan fingerprint density at radius 1 is 1.05 bits per heavy atom. The average molecular weight is 508 g/mol. The van der Waals surface area contributed by atoms with Crippen LogP contribution >= 0.6 is 0 Å². The second-order valence-corrected chi connectivity index (χ2v) is 9.43. The van der Waals surface area contributed by atoms with Gasteiger partial charge in [0.25, 0.3) is 0 Å². The number of nitrogens with one attached hydrogen (secondary N) is 3. The van der Waals surface area contributed by atoms with E-state index in [4.69, 9.17) is 11.1 Å². The lowest BCUT2D eigenvalue weighted by atomic mass is 10.0. The van der Waals surface area contributed by atoms with Gasteiger partial charge >= 0.3 is 0 Å². The van der Waals surface area contributed by atoms with Crippen LogP contribution in [0.1, 0.15) is 31.7 Å². The fourth-order valence-electron chi connectivity index (χ4n) is 4.22. The number of hydrogen-bond acceptors (Lipinski definition) is 6. The van der Waals surface area contributed by atoms with Crippen molar-refractivity contribution in [1.29, 1.82) is 5.41 Å². The summed E-state index contributed by atoms with van der Waals surface area (Å²) in [6.07, 6.45) is 5.26. The average Bonchev–Trinajstić information content (AvgIpc) is 3.33. The molecule has 5 aromatic rings. The van der Waals surface area contributed by atoms with Crippen molar-refractivity contribution in [3.8, 4) is 22.3 Å². The molecule has 3 aromatic heterocycles. The third-order valence-electron chi connectivity index (χ3n) is 6.04. The molecule has 38 heavy (non-hydrogen) atoms. The number of carbonyl (C=O) groups is 1. The highest BCUT2D eigenvalue weighted by Gasteiger charge is 2.17. The van der Waals surface area contributed by atoms with Gasteiger partial charge < -0.3 is 16.0 Å². The van der Waals surface area contributed by atoms with Crippen molar-refractivity contribution < 1.29 is 9.18 Å². The Hall–Kier alpha value is -4.92. The van der Waals surface area contributed by atoms with Gasteiger partial charge in [-0.2, -0.15) is 0 Å². The monoisotopic (exact) mass is 507 g/mol. The first-order chi connectivity index (χ1) is 18.3. The number of para-hydroxylation sites is 1. The number of pyridine rings is 2. The summed E-state index contributed by atoms with van der Waals surface area (Å²) in [7, 11) is 0. The summed E-state index contributed by atoms with van der Waals surface area (Å²) in [5, 5.41) is 11.7. The Kier molecular flexibility index (Phi) is 6.66. The van der Waals surface area contributed by atoms with E-state index in [0.717, 1.165) is 22.2 Å². The number of aromatic nitrogens is 4. The minimum absolute atomic E-state index is 0.0763. The van der Waals surface area contributed by atoms with Crippen LogP contribution in [0.15, 0.2) is 73.2 Å². The van der Waals surface area contributed by atoms with Gasteiger partial charge in [0.2, 0.25) is 5.91 Å². The molecule has 0 aliphatic carbocycles. The number of anilines is 2. The molecule has 2 aromatic carbocycles. The molecule has 0 aliphatic heterocycles. The molecule has 9 heteroatoms. The molecule has 190 valence electrons. The van der Waals surface area contributed by atoms with Crippen LogP contribution in [0.3, 0.4) is 0 Å². The topological polar surface area (TPSA) is 133 Å². The van der Waals surface area contributed by atoms with Crippen molar-refractivity contribution >= 4 is 34.2 Å². The lowest BCUT2D eigenvalue weighted by Gasteiger charge is -2.10. The van der Waals surface area contributed by atoms with Crippen LogP contribution < -0.4 is 11.1 Å². The molecule has 0 spiro atoms. The Labute approximate surface area is 218 Å². The molecular weight excluding hydrogens is 481 g/mol. The normalized spacial score (nSPS) is 11.2. The van der Waals surface area contributed by atoms with Crippen LogP contribution in [0, 0.1) is 17.1 Å². The Bertz CT molecular complexity index is 1660. The van der Waals surface area contributed by atoms with Crippen molar-refractivity contribution in [2.24, 2.45) is 5.92 Å². The first-order valence-corrected chi connectivity index (χ1v) is 12.1. The van der Waals surface area contributed by atoms with Crippen molar-refractivity contribution in [1.82, 2.24) is 19.9 Å². The second-order valence-electron chi connectivity index (χ2n) is 9.43. The lowest BCUT2D eigenvalue weighted by molar-refractivity contribution is -0.116. The molecule has 5 rings (SSSR count).